The van der Waals surface area contributed by atoms with Crippen molar-refractivity contribution in [3.05, 3.63) is 58.9 Å². The van der Waals surface area contributed by atoms with Crippen LogP contribution in [0.5, 0.6) is 0 Å². The number of furan rings is 1. The molecule has 2 amide bonds. The SMILES string of the molecule is CCOC(=O)N1CCN(C(=O)c2cc3occc3n2Cc2ccccc2Cl)CC1. The van der Waals surface area contributed by atoms with Crippen LogP contribution in [0.2, 0.25) is 5.02 Å². The molecule has 0 spiro atoms. The van der Waals surface area contributed by atoms with E-state index in [1.807, 2.05) is 34.9 Å². The molecule has 0 bridgehead atoms. The topological polar surface area (TPSA) is 67.9 Å². The fourth-order valence-corrected chi connectivity index (χ4v) is 3.79. The maximum Gasteiger partial charge on any atom is 0.409 e. The molecule has 1 aromatic carbocycles. The second-order valence-corrected chi connectivity index (χ2v) is 7.26. The second kappa shape index (κ2) is 8.21. The van der Waals surface area contributed by atoms with Gasteiger partial charge in [-0.3, -0.25) is 4.79 Å². The van der Waals surface area contributed by atoms with Crippen molar-refractivity contribution in [1.29, 1.82) is 0 Å². The Balaban J connectivity index is 1.56. The molecule has 0 atom stereocenters. The molecule has 4 rings (SSSR count). The lowest BCUT2D eigenvalue weighted by atomic mass is 10.2. The number of ether oxygens (including phenoxy) is 1. The zero-order valence-corrected chi connectivity index (χ0v) is 16.9. The van der Waals surface area contributed by atoms with Crippen molar-refractivity contribution in [2.75, 3.05) is 32.8 Å². The van der Waals surface area contributed by atoms with E-state index in [9.17, 15) is 9.59 Å². The van der Waals surface area contributed by atoms with E-state index in [0.717, 1.165) is 11.1 Å². The standard InChI is InChI=1S/C21H22ClN3O4/c1-2-28-21(27)24-10-8-23(9-11-24)20(26)18-13-19-17(7-12-29-19)25(18)14-15-5-3-4-6-16(15)22/h3-7,12-13H,2,8-11,14H2,1H3. The summed E-state index contributed by atoms with van der Waals surface area (Å²) < 4.78 is 12.5. The molecule has 1 aliphatic heterocycles. The summed E-state index contributed by atoms with van der Waals surface area (Å²) >= 11 is 6.34. The first-order valence-electron chi connectivity index (χ1n) is 9.59. The van der Waals surface area contributed by atoms with E-state index in [1.54, 1.807) is 29.1 Å². The lowest BCUT2D eigenvalue weighted by molar-refractivity contribution is 0.0563. The number of piperazine rings is 1. The van der Waals surface area contributed by atoms with Crippen molar-refractivity contribution >= 4 is 34.7 Å². The molecule has 1 aliphatic rings. The van der Waals surface area contributed by atoms with Crippen molar-refractivity contribution in [2.24, 2.45) is 0 Å². The Morgan fingerprint density at radius 1 is 1.10 bits per heavy atom. The van der Waals surface area contributed by atoms with Crippen LogP contribution in [0, 0.1) is 0 Å². The summed E-state index contributed by atoms with van der Waals surface area (Å²) in [6.07, 6.45) is 1.28. The molecule has 1 fully saturated rings. The summed E-state index contributed by atoms with van der Waals surface area (Å²) in [4.78, 5) is 28.5. The fraction of sp³-hybridized carbons (Fsp3) is 0.333. The number of amides is 2. The zero-order chi connectivity index (χ0) is 20.4. The molecule has 1 saturated heterocycles. The largest absolute Gasteiger partial charge is 0.463 e. The quantitative estimate of drug-likeness (QED) is 0.649. The van der Waals surface area contributed by atoms with Gasteiger partial charge in [0.05, 0.1) is 18.4 Å². The minimum atomic E-state index is -0.334. The normalized spacial score (nSPS) is 14.4. The van der Waals surface area contributed by atoms with Crippen molar-refractivity contribution < 1.29 is 18.7 Å². The van der Waals surface area contributed by atoms with Gasteiger partial charge < -0.3 is 23.5 Å². The van der Waals surface area contributed by atoms with Crippen molar-refractivity contribution in [3.63, 3.8) is 0 Å². The van der Waals surface area contributed by atoms with E-state index in [2.05, 4.69) is 0 Å². The molecule has 0 radical (unpaired) electrons. The lowest BCUT2D eigenvalue weighted by Gasteiger charge is -2.34. The molecular formula is C21H22ClN3O4. The Hall–Kier alpha value is -2.93. The molecule has 29 heavy (non-hydrogen) atoms. The Labute approximate surface area is 173 Å². The van der Waals surface area contributed by atoms with Gasteiger partial charge in [0.15, 0.2) is 5.58 Å². The fourth-order valence-electron chi connectivity index (χ4n) is 3.59. The highest BCUT2D eigenvalue weighted by Crippen LogP contribution is 2.26. The van der Waals surface area contributed by atoms with Gasteiger partial charge in [0.2, 0.25) is 0 Å². The highest BCUT2D eigenvalue weighted by molar-refractivity contribution is 6.31. The maximum absolute atomic E-state index is 13.3. The van der Waals surface area contributed by atoms with Crippen molar-refractivity contribution in [1.82, 2.24) is 14.4 Å². The molecule has 0 saturated carbocycles. The average molecular weight is 416 g/mol. The molecule has 0 N–H and O–H groups in total. The number of benzene rings is 1. The minimum absolute atomic E-state index is 0.0908. The predicted octanol–water partition coefficient (Wildman–Crippen LogP) is 3.85. The third kappa shape index (κ3) is 3.82. The van der Waals surface area contributed by atoms with Gasteiger partial charge in [-0.15, -0.1) is 0 Å². The van der Waals surface area contributed by atoms with Crippen LogP contribution in [0.3, 0.4) is 0 Å². The number of hydrogen-bond acceptors (Lipinski definition) is 4. The van der Waals surface area contributed by atoms with Crippen molar-refractivity contribution in [3.8, 4) is 0 Å². The third-order valence-corrected chi connectivity index (χ3v) is 5.49. The van der Waals surface area contributed by atoms with E-state index in [1.165, 1.54) is 0 Å². The molecule has 152 valence electrons. The van der Waals surface area contributed by atoms with Crippen molar-refractivity contribution in [2.45, 2.75) is 13.5 Å². The zero-order valence-electron chi connectivity index (χ0n) is 16.1. The van der Waals surface area contributed by atoms with Crippen LogP contribution in [0.1, 0.15) is 23.0 Å². The number of rotatable bonds is 4. The van der Waals surface area contributed by atoms with E-state index in [4.69, 9.17) is 20.8 Å². The smallest absolute Gasteiger partial charge is 0.409 e. The van der Waals surface area contributed by atoms with Crippen LogP contribution >= 0.6 is 11.6 Å². The van der Waals surface area contributed by atoms with Gasteiger partial charge in [0, 0.05) is 49.9 Å². The van der Waals surface area contributed by atoms with Gasteiger partial charge in [0.1, 0.15) is 5.69 Å². The molecular weight excluding hydrogens is 394 g/mol. The van der Waals surface area contributed by atoms with Crippen LogP contribution in [0.15, 0.2) is 47.1 Å². The molecule has 3 aromatic rings. The maximum atomic E-state index is 13.3. The van der Waals surface area contributed by atoms with E-state index in [0.29, 0.717) is 55.6 Å². The summed E-state index contributed by atoms with van der Waals surface area (Å²) in [6.45, 7) is 4.39. The Morgan fingerprint density at radius 3 is 2.55 bits per heavy atom. The number of nitrogens with zero attached hydrogens (tertiary/aromatic N) is 3. The minimum Gasteiger partial charge on any atom is -0.463 e. The summed E-state index contributed by atoms with van der Waals surface area (Å²) in [5, 5.41) is 0.652. The average Bonchev–Trinajstić information content (AvgIpc) is 3.32. The number of carbonyl (C=O) groups excluding carboxylic acids is 2. The van der Waals surface area contributed by atoms with Gasteiger partial charge in [-0.25, -0.2) is 4.79 Å². The molecule has 0 unspecified atom stereocenters. The van der Waals surface area contributed by atoms with Gasteiger partial charge in [-0.05, 0) is 18.6 Å². The molecule has 8 heteroatoms. The summed E-state index contributed by atoms with van der Waals surface area (Å²) in [5.74, 6) is -0.0908. The number of hydrogen-bond donors (Lipinski definition) is 0. The highest BCUT2D eigenvalue weighted by Gasteiger charge is 2.28. The Morgan fingerprint density at radius 2 is 1.83 bits per heavy atom. The van der Waals surface area contributed by atoms with Gasteiger partial charge in [0.25, 0.3) is 5.91 Å². The van der Waals surface area contributed by atoms with Gasteiger partial charge in [-0.2, -0.15) is 0 Å². The second-order valence-electron chi connectivity index (χ2n) is 6.86. The monoisotopic (exact) mass is 415 g/mol. The first-order chi connectivity index (χ1) is 14.1. The lowest BCUT2D eigenvalue weighted by Crippen LogP contribution is -2.51. The first kappa shape index (κ1) is 19.4. The summed E-state index contributed by atoms with van der Waals surface area (Å²) in [7, 11) is 0. The first-order valence-corrected chi connectivity index (χ1v) is 9.97. The van der Waals surface area contributed by atoms with Crippen LogP contribution in [-0.4, -0.2) is 59.2 Å². The number of halogens is 1. The number of fused-ring (bicyclic) bond motifs is 1. The summed E-state index contributed by atoms with van der Waals surface area (Å²) in [6, 6.07) is 11.2. The van der Waals surface area contributed by atoms with E-state index >= 15 is 0 Å². The Bertz CT molecular complexity index is 1030. The van der Waals surface area contributed by atoms with E-state index < -0.39 is 0 Å². The van der Waals surface area contributed by atoms with Crippen LogP contribution in [0.4, 0.5) is 4.79 Å². The van der Waals surface area contributed by atoms with Gasteiger partial charge in [-0.1, -0.05) is 29.8 Å². The predicted molar refractivity (Wildman–Crippen MR) is 109 cm³/mol. The number of carbonyl (C=O) groups is 2. The number of aromatic nitrogens is 1. The molecule has 2 aromatic heterocycles. The third-order valence-electron chi connectivity index (χ3n) is 5.12. The Kier molecular flexibility index (Phi) is 5.49. The molecule has 3 heterocycles. The van der Waals surface area contributed by atoms with Gasteiger partial charge >= 0.3 is 6.09 Å². The highest BCUT2D eigenvalue weighted by atomic mass is 35.5. The molecule has 7 nitrogen and oxygen atoms in total. The van der Waals surface area contributed by atoms with Crippen LogP contribution in [-0.2, 0) is 11.3 Å². The molecule has 0 aliphatic carbocycles. The van der Waals surface area contributed by atoms with Crippen LogP contribution < -0.4 is 0 Å². The van der Waals surface area contributed by atoms with Crippen LogP contribution in [0.25, 0.3) is 11.1 Å². The van der Waals surface area contributed by atoms with E-state index in [-0.39, 0.29) is 12.0 Å². The summed E-state index contributed by atoms with van der Waals surface area (Å²) in [5.41, 5.74) is 2.97.